The lowest BCUT2D eigenvalue weighted by atomic mass is 10.2. The molecule has 1 amide bonds. The highest BCUT2D eigenvalue weighted by Crippen LogP contribution is 2.25. The molecule has 0 atom stereocenters. The Bertz CT molecular complexity index is 625. The molecule has 0 saturated heterocycles. The van der Waals surface area contributed by atoms with E-state index < -0.39 is 5.97 Å². The van der Waals surface area contributed by atoms with Crippen molar-refractivity contribution in [2.75, 3.05) is 11.6 Å². The van der Waals surface area contributed by atoms with Crippen LogP contribution in [0.2, 0.25) is 0 Å². The third-order valence-electron chi connectivity index (χ3n) is 2.33. The molecule has 0 fully saturated rings. The van der Waals surface area contributed by atoms with Crippen molar-refractivity contribution in [3.05, 3.63) is 40.9 Å². The van der Waals surface area contributed by atoms with E-state index in [1.807, 2.05) is 6.26 Å². The highest BCUT2D eigenvalue weighted by atomic mass is 32.2. The Morgan fingerprint density at radius 3 is 2.84 bits per heavy atom. The number of amides is 1. The molecule has 0 unspecified atom stereocenters. The van der Waals surface area contributed by atoms with Crippen molar-refractivity contribution in [1.82, 2.24) is 4.98 Å². The van der Waals surface area contributed by atoms with Gasteiger partial charge in [-0.25, -0.2) is 9.78 Å². The minimum atomic E-state index is -1.06. The maximum absolute atomic E-state index is 12.1. The Morgan fingerprint density at radius 1 is 1.37 bits per heavy atom. The molecule has 0 radical (unpaired) electrons. The summed E-state index contributed by atoms with van der Waals surface area (Å²) in [6.45, 7) is 0. The lowest BCUT2D eigenvalue weighted by Crippen LogP contribution is -2.14. The molecule has 0 saturated carbocycles. The van der Waals surface area contributed by atoms with Crippen molar-refractivity contribution in [2.24, 2.45) is 0 Å². The van der Waals surface area contributed by atoms with Gasteiger partial charge in [-0.05, 0) is 29.8 Å². The lowest BCUT2D eigenvalue weighted by molar-refractivity contribution is 0.0698. The van der Waals surface area contributed by atoms with E-state index in [0.29, 0.717) is 15.6 Å². The Hall–Kier alpha value is -1.86. The molecule has 2 N–H and O–H groups in total. The predicted octanol–water partition coefficient (Wildman–Crippen LogP) is 2.82. The minimum Gasteiger partial charge on any atom is -0.478 e. The van der Waals surface area contributed by atoms with Crippen molar-refractivity contribution < 1.29 is 14.7 Å². The number of rotatable bonds is 4. The highest BCUT2D eigenvalue weighted by Gasteiger charge is 2.17. The topological polar surface area (TPSA) is 79.3 Å². The number of nitrogens with one attached hydrogen (secondary N) is 1. The Labute approximate surface area is 117 Å². The van der Waals surface area contributed by atoms with Crippen molar-refractivity contribution in [1.29, 1.82) is 0 Å². The molecule has 19 heavy (non-hydrogen) atoms. The third-order valence-corrected chi connectivity index (χ3v) is 3.87. The number of anilines is 1. The molecule has 0 spiro atoms. The first-order valence-electron chi connectivity index (χ1n) is 5.24. The highest BCUT2D eigenvalue weighted by molar-refractivity contribution is 7.98. The summed E-state index contributed by atoms with van der Waals surface area (Å²) >= 11 is 2.54. The van der Waals surface area contributed by atoms with E-state index in [1.165, 1.54) is 29.2 Å². The van der Waals surface area contributed by atoms with Gasteiger partial charge in [0.15, 0.2) is 0 Å². The van der Waals surface area contributed by atoms with Crippen LogP contribution in [0, 0.1) is 0 Å². The Kier molecular flexibility index (Phi) is 4.18. The lowest BCUT2D eigenvalue weighted by Gasteiger charge is -2.06. The summed E-state index contributed by atoms with van der Waals surface area (Å²) in [5.41, 5.74) is 0.521. The maximum Gasteiger partial charge on any atom is 0.338 e. The zero-order chi connectivity index (χ0) is 13.8. The number of carboxylic acid groups (broad SMARTS) is 1. The van der Waals surface area contributed by atoms with E-state index in [1.54, 1.807) is 23.7 Å². The first-order valence-corrected chi connectivity index (χ1v) is 7.35. The first-order chi connectivity index (χ1) is 9.13. The molecule has 2 rings (SSSR count). The van der Waals surface area contributed by atoms with E-state index in [2.05, 4.69) is 10.3 Å². The average Bonchev–Trinajstić information content (AvgIpc) is 2.87. The fraction of sp³-hybridized carbons (Fsp3) is 0.0833. The van der Waals surface area contributed by atoms with E-state index in [4.69, 9.17) is 5.11 Å². The quantitative estimate of drug-likeness (QED) is 0.848. The molecular weight excluding hydrogens is 284 g/mol. The number of aromatic carboxylic acids is 1. The average molecular weight is 294 g/mol. The summed E-state index contributed by atoms with van der Waals surface area (Å²) in [6.07, 6.45) is 3.43. The van der Waals surface area contributed by atoms with E-state index >= 15 is 0 Å². The summed E-state index contributed by atoms with van der Waals surface area (Å²) in [4.78, 5) is 27.2. The number of thioether (sulfide) groups is 1. The number of hydrogen-bond donors (Lipinski definition) is 2. The largest absolute Gasteiger partial charge is 0.478 e. The number of hydrogen-bond acceptors (Lipinski definition) is 5. The third kappa shape index (κ3) is 2.94. The number of nitrogens with zero attached hydrogens (tertiary/aromatic N) is 1. The van der Waals surface area contributed by atoms with Gasteiger partial charge >= 0.3 is 5.97 Å². The smallest absolute Gasteiger partial charge is 0.338 e. The van der Waals surface area contributed by atoms with Crippen molar-refractivity contribution in [3.63, 3.8) is 0 Å². The molecule has 2 aromatic heterocycles. The van der Waals surface area contributed by atoms with E-state index in [0.717, 1.165) is 0 Å². The van der Waals surface area contributed by atoms with Crippen LogP contribution in [-0.4, -0.2) is 28.2 Å². The molecule has 0 aliphatic rings. The fourth-order valence-corrected chi connectivity index (χ4v) is 2.79. The van der Waals surface area contributed by atoms with Gasteiger partial charge in [0.05, 0.1) is 11.1 Å². The van der Waals surface area contributed by atoms with Gasteiger partial charge in [0.2, 0.25) is 0 Å². The van der Waals surface area contributed by atoms with E-state index in [-0.39, 0.29) is 11.5 Å². The molecule has 0 aliphatic heterocycles. The van der Waals surface area contributed by atoms with Crippen LogP contribution < -0.4 is 5.32 Å². The minimum absolute atomic E-state index is 0.0907. The zero-order valence-electron chi connectivity index (χ0n) is 9.91. The number of carbonyl (C=O) groups is 2. The van der Waals surface area contributed by atoms with Gasteiger partial charge in [0, 0.05) is 6.20 Å². The van der Waals surface area contributed by atoms with Crippen molar-refractivity contribution >= 4 is 40.0 Å². The molecule has 2 aromatic rings. The first kappa shape index (κ1) is 13.6. The molecule has 98 valence electrons. The molecule has 0 aromatic carbocycles. The van der Waals surface area contributed by atoms with Crippen LogP contribution >= 0.6 is 23.1 Å². The number of carbonyl (C=O) groups excluding carboxylic acids is 1. The molecule has 2 heterocycles. The number of carboxylic acids is 1. The maximum atomic E-state index is 12.1. The zero-order valence-corrected chi connectivity index (χ0v) is 11.5. The van der Waals surface area contributed by atoms with Gasteiger partial charge in [0.25, 0.3) is 5.91 Å². The van der Waals surface area contributed by atoms with Crippen LogP contribution in [0.15, 0.2) is 34.8 Å². The normalized spacial score (nSPS) is 10.2. The van der Waals surface area contributed by atoms with Crippen LogP contribution in [0.25, 0.3) is 0 Å². The van der Waals surface area contributed by atoms with E-state index in [9.17, 15) is 9.59 Å². The number of thiophene rings is 1. The van der Waals surface area contributed by atoms with Crippen molar-refractivity contribution in [3.8, 4) is 0 Å². The van der Waals surface area contributed by atoms with Gasteiger partial charge < -0.3 is 10.4 Å². The second-order valence-corrected chi connectivity index (χ2v) is 5.19. The second-order valence-electron chi connectivity index (χ2n) is 3.48. The molecule has 7 heteroatoms. The number of pyridine rings is 1. The van der Waals surface area contributed by atoms with Gasteiger partial charge in [-0.15, -0.1) is 23.1 Å². The van der Waals surface area contributed by atoms with Gasteiger partial charge in [-0.2, -0.15) is 0 Å². The van der Waals surface area contributed by atoms with Crippen LogP contribution in [0.1, 0.15) is 20.7 Å². The number of aromatic nitrogens is 1. The van der Waals surface area contributed by atoms with Gasteiger partial charge in [-0.1, -0.05) is 0 Å². The molecule has 0 aliphatic carbocycles. The molecular formula is C12H10N2O3S2. The van der Waals surface area contributed by atoms with Crippen LogP contribution in [0.5, 0.6) is 0 Å². The molecule has 0 bridgehead atoms. The summed E-state index contributed by atoms with van der Waals surface area (Å²) < 4.78 is 0. The van der Waals surface area contributed by atoms with Gasteiger partial charge in [-0.3, -0.25) is 4.79 Å². The standard InChI is InChI=1S/C12H10N2O3S2/c1-18-10-7(3-2-5-13-10)9(15)14-11-8(12(16)17)4-6-19-11/h2-6H,1H3,(H,14,15)(H,16,17). The predicted molar refractivity (Wildman–Crippen MR) is 75.2 cm³/mol. The van der Waals surface area contributed by atoms with Crippen LogP contribution in [-0.2, 0) is 0 Å². The monoisotopic (exact) mass is 294 g/mol. The van der Waals surface area contributed by atoms with Crippen molar-refractivity contribution in [2.45, 2.75) is 5.03 Å². The summed E-state index contributed by atoms with van der Waals surface area (Å²) in [6, 6.07) is 4.78. The van der Waals surface area contributed by atoms with Crippen LogP contribution in [0.3, 0.4) is 0 Å². The summed E-state index contributed by atoms with van der Waals surface area (Å²) in [5, 5.41) is 14.1. The summed E-state index contributed by atoms with van der Waals surface area (Å²) in [7, 11) is 0. The fourth-order valence-electron chi connectivity index (χ4n) is 1.47. The summed E-state index contributed by atoms with van der Waals surface area (Å²) in [5.74, 6) is -1.42. The Balaban J connectivity index is 2.26. The SMILES string of the molecule is CSc1ncccc1C(=O)Nc1sccc1C(=O)O. The Morgan fingerprint density at radius 2 is 2.16 bits per heavy atom. The molecule has 5 nitrogen and oxygen atoms in total. The van der Waals surface area contributed by atoms with Crippen LogP contribution in [0.4, 0.5) is 5.00 Å². The van der Waals surface area contributed by atoms with Gasteiger partial charge in [0.1, 0.15) is 10.0 Å². The second kappa shape index (κ2) is 5.85.